The summed E-state index contributed by atoms with van der Waals surface area (Å²) in [5.74, 6) is 1.19. The highest BCUT2D eigenvalue weighted by molar-refractivity contribution is 6.18. The topological polar surface area (TPSA) is 55.6 Å². The molecule has 0 aliphatic rings. The minimum absolute atomic E-state index is 0.548. The fourth-order valence-corrected chi connectivity index (χ4v) is 0.633. The van der Waals surface area contributed by atoms with Crippen LogP contribution in [0.1, 0.15) is 0 Å². The number of anilines is 1. The lowest BCUT2D eigenvalue weighted by atomic mass is 10.7. The molecule has 10 heavy (non-hydrogen) atoms. The third kappa shape index (κ3) is 1.57. The molecule has 0 aromatic carbocycles. The van der Waals surface area contributed by atoms with Gasteiger partial charge in [-0.3, -0.25) is 0 Å². The smallest absolute Gasteiger partial charge is 0.242 e. The second kappa shape index (κ2) is 3.36. The molecule has 0 amide bonds. The number of alkyl halides is 1. The van der Waals surface area contributed by atoms with Crippen LogP contribution in [0.5, 0.6) is 0 Å². The van der Waals surface area contributed by atoms with Crippen molar-refractivity contribution in [1.29, 1.82) is 0 Å². The molecule has 56 valence electrons. The molecule has 5 nitrogen and oxygen atoms in total. The second-order valence-electron chi connectivity index (χ2n) is 1.74. The van der Waals surface area contributed by atoms with E-state index in [2.05, 4.69) is 20.8 Å². The molecule has 6 heteroatoms. The van der Waals surface area contributed by atoms with Crippen LogP contribution in [0.25, 0.3) is 0 Å². The predicted molar refractivity (Wildman–Crippen MR) is 38.0 cm³/mol. The van der Waals surface area contributed by atoms with Gasteiger partial charge in [-0.2, -0.15) is 0 Å². The van der Waals surface area contributed by atoms with E-state index in [0.29, 0.717) is 18.4 Å². The first-order valence-corrected chi connectivity index (χ1v) is 3.40. The average molecular weight is 162 g/mol. The number of nitrogens with zero attached hydrogens (tertiary/aromatic N) is 4. The van der Waals surface area contributed by atoms with Crippen LogP contribution in [-0.2, 0) is 7.05 Å². The van der Waals surface area contributed by atoms with Gasteiger partial charge in [0, 0.05) is 19.5 Å². The molecule has 0 fully saturated rings. The van der Waals surface area contributed by atoms with E-state index in [1.54, 1.807) is 11.7 Å². The van der Waals surface area contributed by atoms with Crippen LogP contribution in [0.3, 0.4) is 0 Å². The molecule has 0 unspecified atom stereocenters. The molecule has 1 rings (SSSR count). The maximum atomic E-state index is 5.43. The average Bonchev–Trinajstić information content (AvgIpc) is 2.31. The zero-order chi connectivity index (χ0) is 7.40. The third-order valence-corrected chi connectivity index (χ3v) is 1.19. The summed E-state index contributed by atoms with van der Waals surface area (Å²) in [5.41, 5.74) is 0. The van der Waals surface area contributed by atoms with Gasteiger partial charge < -0.3 is 5.32 Å². The number of aryl methyl sites for hydroxylation is 1. The molecule has 1 N–H and O–H groups in total. The van der Waals surface area contributed by atoms with E-state index in [9.17, 15) is 0 Å². The number of hydrogen-bond acceptors (Lipinski definition) is 4. The van der Waals surface area contributed by atoms with Gasteiger partial charge in [-0.15, -0.1) is 11.6 Å². The molecule has 1 heterocycles. The van der Waals surface area contributed by atoms with E-state index in [1.807, 2.05) is 0 Å². The van der Waals surface area contributed by atoms with Crippen molar-refractivity contribution < 1.29 is 0 Å². The van der Waals surface area contributed by atoms with Gasteiger partial charge in [0.1, 0.15) is 0 Å². The van der Waals surface area contributed by atoms with Crippen molar-refractivity contribution in [3.63, 3.8) is 0 Å². The molecule has 1 aromatic heterocycles. The molecule has 1 aromatic rings. The largest absolute Gasteiger partial charge is 0.352 e. The Hall–Kier alpha value is -0.840. The summed E-state index contributed by atoms with van der Waals surface area (Å²) >= 11 is 5.43. The summed E-state index contributed by atoms with van der Waals surface area (Å²) in [4.78, 5) is 0. The Morgan fingerprint density at radius 3 is 3.00 bits per heavy atom. The Balaban J connectivity index is 2.49. The summed E-state index contributed by atoms with van der Waals surface area (Å²) in [6.07, 6.45) is 0. The van der Waals surface area contributed by atoms with Crippen molar-refractivity contribution in [2.75, 3.05) is 17.7 Å². The van der Waals surface area contributed by atoms with Crippen molar-refractivity contribution >= 4 is 17.5 Å². The monoisotopic (exact) mass is 161 g/mol. The Bertz CT molecular complexity index is 197. The van der Waals surface area contributed by atoms with Gasteiger partial charge in [-0.25, -0.2) is 4.68 Å². The first kappa shape index (κ1) is 7.27. The molecular weight excluding hydrogens is 154 g/mol. The molecule has 0 aliphatic carbocycles. The first-order chi connectivity index (χ1) is 4.84. The molecule has 0 spiro atoms. The lowest BCUT2D eigenvalue weighted by molar-refractivity contribution is 0.713. The normalized spacial score (nSPS) is 9.80. The van der Waals surface area contributed by atoms with Crippen molar-refractivity contribution in [3.05, 3.63) is 0 Å². The molecule has 0 atom stereocenters. The predicted octanol–water partition coefficient (Wildman–Crippen LogP) is -0.139. The van der Waals surface area contributed by atoms with E-state index in [0.717, 1.165) is 0 Å². The van der Waals surface area contributed by atoms with Crippen LogP contribution in [0.4, 0.5) is 5.95 Å². The standard InChI is InChI=1S/C4H8ClN5/c1-10-4(6-3-2-5)7-8-9-10/h2-3H2,1H3,(H,6,7,9). The van der Waals surface area contributed by atoms with Gasteiger partial charge in [0.15, 0.2) is 0 Å². The van der Waals surface area contributed by atoms with Crippen molar-refractivity contribution in [1.82, 2.24) is 20.2 Å². The van der Waals surface area contributed by atoms with Crippen LogP contribution >= 0.6 is 11.6 Å². The van der Waals surface area contributed by atoms with Crippen LogP contribution in [0.2, 0.25) is 0 Å². The van der Waals surface area contributed by atoms with Crippen molar-refractivity contribution in [2.24, 2.45) is 7.05 Å². The van der Waals surface area contributed by atoms with Crippen LogP contribution < -0.4 is 5.32 Å². The Kier molecular flexibility index (Phi) is 2.44. The Morgan fingerprint density at radius 2 is 2.50 bits per heavy atom. The number of aromatic nitrogens is 4. The van der Waals surface area contributed by atoms with Gasteiger partial charge in [0.2, 0.25) is 5.95 Å². The van der Waals surface area contributed by atoms with E-state index in [1.165, 1.54) is 0 Å². The SMILES string of the molecule is Cn1nnnc1NCCCl. The fourth-order valence-electron chi connectivity index (χ4n) is 0.538. The molecular formula is C4H8ClN5. The van der Waals surface area contributed by atoms with Crippen LogP contribution in [0, 0.1) is 0 Å². The summed E-state index contributed by atoms with van der Waals surface area (Å²) in [7, 11) is 1.76. The fraction of sp³-hybridized carbons (Fsp3) is 0.750. The summed E-state index contributed by atoms with van der Waals surface area (Å²) < 4.78 is 1.55. The molecule has 0 bridgehead atoms. The minimum atomic E-state index is 0.548. The highest BCUT2D eigenvalue weighted by Gasteiger charge is 1.97. The highest BCUT2D eigenvalue weighted by Crippen LogP contribution is 1.93. The summed E-state index contributed by atoms with van der Waals surface area (Å²) in [6, 6.07) is 0. The highest BCUT2D eigenvalue weighted by atomic mass is 35.5. The minimum Gasteiger partial charge on any atom is -0.352 e. The maximum absolute atomic E-state index is 5.43. The molecule has 0 aliphatic heterocycles. The lowest BCUT2D eigenvalue weighted by Gasteiger charge is -1.98. The van der Waals surface area contributed by atoms with Crippen LogP contribution in [0.15, 0.2) is 0 Å². The van der Waals surface area contributed by atoms with Crippen molar-refractivity contribution in [3.8, 4) is 0 Å². The third-order valence-electron chi connectivity index (χ3n) is 0.998. The number of rotatable bonds is 3. The van der Waals surface area contributed by atoms with Gasteiger partial charge in [0.25, 0.3) is 0 Å². The summed E-state index contributed by atoms with van der Waals surface area (Å²) in [5, 5.41) is 13.7. The van der Waals surface area contributed by atoms with E-state index in [4.69, 9.17) is 11.6 Å². The summed E-state index contributed by atoms with van der Waals surface area (Å²) in [6.45, 7) is 0.676. The molecule has 0 radical (unpaired) electrons. The number of tetrazole rings is 1. The van der Waals surface area contributed by atoms with Gasteiger partial charge in [-0.1, -0.05) is 5.10 Å². The molecule has 0 saturated carbocycles. The van der Waals surface area contributed by atoms with Gasteiger partial charge in [0.05, 0.1) is 0 Å². The van der Waals surface area contributed by atoms with Gasteiger partial charge in [-0.05, 0) is 10.4 Å². The second-order valence-corrected chi connectivity index (χ2v) is 2.12. The van der Waals surface area contributed by atoms with Gasteiger partial charge >= 0.3 is 0 Å². The van der Waals surface area contributed by atoms with E-state index < -0.39 is 0 Å². The zero-order valence-corrected chi connectivity index (χ0v) is 6.34. The lowest BCUT2D eigenvalue weighted by Crippen LogP contribution is -2.07. The first-order valence-electron chi connectivity index (χ1n) is 2.87. The number of halogens is 1. The Labute approximate surface area is 63.4 Å². The van der Waals surface area contributed by atoms with E-state index >= 15 is 0 Å². The Morgan fingerprint density at radius 1 is 1.70 bits per heavy atom. The quantitative estimate of drug-likeness (QED) is 0.627. The zero-order valence-electron chi connectivity index (χ0n) is 5.58. The van der Waals surface area contributed by atoms with Crippen molar-refractivity contribution in [2.45, 2.75) is 0 Å². The maximum Gasteiger partial charge on any atom is 0.242 e. The number of nitrogens with one attached hydrogen (secondary N) is 1. The van der Waals surface area contributed by atoms with E-state index in [-0.39, 0.29) is 0 Å². The molecule has 0 saturated heterocycles. The number of hydrogen-bond donors (Lipinski definition) is 1. The van der Waals surface area contributed by atoms with Crippen LogP contribution in [-0.4, -0.2) is 32.6 Å².